The molecule has 0 unspecified atom stereocenters. The maximum atomic E-state index is 10.1. The topological polar surface area (TPSA) is 58.2 Å². The lowest BCUT2D eigenvalue weighted by Gasteiger charge is -1.78. The van der Waals surface area contributed by atoms with E-state index < -0.39 is 6.03 Å². The molecular formula is C5H12N2O2. The van der Waals surface area contributed by atoms with Gasteiger partial charge in [0, 0.05) is 1.43 Å². The molecule has 0 aromatic carbocycles. The zero-order valence-electron chi connectivity index (χ0n) is 5.52. The van der Waals surface area contributed by atoms with Gasteiger partial charge in [-0.25, -0.2) is 4.79 Å². The molecule has 0 radical (unpaired) electrons. The SMILES string of the molecule is CC.O=C1CNC(=O)N1.[HH]. The first-order valence-electron chi connectivity index (χ1n) is 2.87. The third-order valence-corrected chi connectivity index (χ3v) is 0.662. The molecule has 54 valence electrons. The molecule has 9 heavy (non-hydrogen) atoms. The maximum absolute atomic E-state index is 10.1. The van der Waals surface area contributed by atoms with Crippen molar-refractivity contribution < 1.29 is 11.0 Å². The molecule has 2 N–H and O–H groups in total. The van der Waals surface area contributed by atoms with Crippen LogP contribution in [0.4, 0.5) is 4.79 Å². The molecule has 3 amide bonds. The summed E-state index contributed by atoms with van der Waals surface area (Å²) in [4.78, 5) is 20.1. The molecule has 0 atom stereocenters. The van der Waals surface area contributed by atoms with Crippen molar-refractivity contribution >= 4 is 11.9 Å². The molecule has 0 aromatic rings. The fraction of sp³-hybridized carbons (Fsp3) is 0.600. The van der Waals surface area contributed by atoms with Crippen LogP contribution in [0, 0.1) is 0 Å². The van der Waals surface area contributed by atoms with Gasteiger partial charge in [-0.1, -0.05) is 13.8 Å². The highest BCUT2D eigenvalue weighted by Crippen LogP contribution is 1.73. The van der Waals surface area contributed by atoms with E-state index in [0.29, 0.717) is 0 Å². The number of urea groups is 1. The smallest absolute Gasteiger partial charge is 0.321 e. The van der Waals surface area contributed by atoms with Gasteiger partial charge < -0.3 is 5.32 Å². The third kappa shape index (κ3) is 2.69. The van der Waals surface area contributed by atoms with Gasteiger partial charge >= 0.3 is 6.03 Å². The molecule has 1 fully saturated rings. The first kappa shape index (κ1) is 7.94. The Labute approximate surface area is 55.1 Å². The van der Waals surface area contributed by atoms with Crippen LogP contribution in [0.3, 0.4) is 0 Å². The van der Waals surface area contributed by atoms with Crippen molar-refractivity contribution in [3.05, 3.63) is 0 Å². The van der Waals surface area contributed by atoms with Crippen molar-refractivity contribution in [1.82, 2.24) is 10.6 Å². The predicted molar refractivity (Wildman–Crippen MR) is 35.0 cm³/mol. The molecule has 1 saturated heterocycles. The van der Waals surface area contributed by atoms with Crippen LogP contribution in [-0.4, -0.2) is 18.5 Å². The number of carbonyl (C=O) groups is 2. The molecule has 4 heteroatoms. The van der Waals surface area contributed by atoms with Crippen LogP contribution in [-0.2, 0) is 4.79 Å². The molecule has 0 aliphatic carbocycles. The first-order valence-corrected chi connectivity index (χ1v) is 2.87. The quantitative estimate of drug-likeness (QED) is 0.459. The van der Waals surface area contributed by atoms with Crippen LogP contribution >= 0.6 is 0 Å². The number of hydrogen-bond acceptors (Lipinski definition) is 2. The Balaban J connectivity index is 0. The molecule has 1 aliphatic heterocycles. The van der Waals surface area contributed by atoms with E-state index in [2.05, 4.69) is 5.32 Å². The standard InChI is InChI=1S/C3H4N2O2.C2H6.H2/c6-2-1-4-3(7)5-2;1-2;/h1H2,(H2,4,5,6,7);1-2H3;1H. The summed E-state index contributed by atoms with van der Waals surface area (Å²) in [5.74, 6) is -0.259. The number of hydrogen-bond donors (Lipinski definition) is 2. The van der Waals surface area contributed by atoms with E-state index in [-0.39, 0.29) is 13.9 Å². The van der Waals surface area contributed by atoms with Crippen LogP contribution in [0.2, 0.25) is 0 Å². The maximum Gasteiger partial charge on any atom is 0.321 e. The Morgan fingerprint density at radius 2 is 2.00 bits per heavy atom. The predicted octanol–water partition coefficient (Wildman–Crippen LogP) is 0.0980. The summed E-state index contributed by atoms with van der Waals surface area (Å²) in [7, 11) is 0. The van der Waals surface area contributed by atoms with Gasteiger partial charge in [0.15, 0.2) is 0 Å². The van der Waals surface area contributed by atoms with Crippen LogP contribution in [0.25, 0.3) is 0 Å². The fourth-order valence-electron chi connectivity index (χ4n) is 0.376. The van der Waals surface area contributed by atoms with E-state index in [4.69, 9.17) is 0 Å². The molecule has 1 aliphatic rings. The number of rotatable bonds is 0. The van der Waals surface area contributed by atoms with Crippen molar-refractivity contribution in [2.45, 2.75) is 13.8 Å². The zero-order valence-corrected chi connectivity index (χ0v) is 5.52. The monoisotopic (exact) mass is 132 g/mol. The van der Waals surface area contributed by atoms with Crippen molar-refractivity contribution in [2.75, 3.05) is 6.54 Å². The molecule has 0 spiro atoms. The molecule has 4 nitrogen and oxygen atoms in total. The normalized spacial score (nSPS) is 15.3. The number of amides is 3. The highest BCUT2D eigenvalue weighted by Gasteiger charge is 2.14. The zero-order chi connectivity index (χ0) is 7.28. The van der Waals surface area contributed by atoms with E-state index >= 15 is 0 Å². The number of imide groups is 1. The van der Waals surface area contributed by atoms with Crippen LogP contribution in [0.1, 0.15) is 15.3 Å². The number of carbonyl (C=O) groups excluding carboxylic acids is 2. The van der Waals surface area contributed by atoms with Crippen molar-refractivity contribution in [2.24, 2.45) is 0 Å². The second-order valence-electron chi connectivity index (χ2n) is 1.23. The van der Waals surface area contributed by atoms with Gasteiger partial charge in [0.05, 0.1) is 6.54 Å². The van der Waals surface area contributed by atoms with Crippen molar-refractivity contribution in [3.63, 3.8) is 0 Å². The summed E-state index contributed by atoms with van der Waals surface area (Å²) in [6, 6.07) is -0.398. The molecular weight excluding hydrogens is 120 g/mol. The Kier molecular flexibility index (Phi) is 3.43. The highest BCUT2D eigenvalue weighted by molar-refractivity contribution is 6.01. The van der Waals surface area contributed by atoms with E-state index in [1.807, 2.05) is 19.2 Å². The largest absolute Gasteiger partial charge is 0.329 e. The minimum absolute atomic E-state index is 0. The Bertz CT molecular complexity index is 113. The fourth-order valence-corrected chi connectivity index (χ4v) is 0.376. The Morgan fingerprint density at radius 1 is 1.44 bits per heavy atom. The summed E-state index contributed by atoms with van der Waals surface area (Å²) in [5, 5.41) is 4.30. The van der Waals surface area contributed by atoms with Gasteiger partial charge in [0.2, 0.25) is 5.91 Å². The second-order valence-corrected chi connectivity index (χ2v) is 1.23. The molecule has 1 heterocycles. The van der Waals surface area contributed by atoms with E-state index in [1.54, 1.807) is 0 Å². The lowest BCUT2D eigenvalue weighted by Crippen LogP contribution is -2.22. The van der Waals surface area contributed by atoms with Gasteiger partial charge in [-0.3, -0.25) is 10.1 Å². The minimum atomic E-state index is -0.398. The van der Waals surface area contributed by atoms with Gasteiger partial charge in [-0.05, 0) is 0 Å². The molecule has 0 aromatic heterocycles. The van der Waals surface area contributed by atoms with E-state index in [9.17, 15) is 9.59 Å². The summed E-state index contributed by atoms with van der Waals surface area (Å²) in [6.07, 6.45) is 0. The lowest BCUT2D eigenvalue weighted by molar-refractivity contribution is -0.117. The van der Waals surface area contributed by atoms with Gasteiger partial charge in [-0.15, -0.1) is 0 Å². The minimum Gasteiger partial charge on any atom is -0.329 e. The van der Waals surface area contributed by atoms with Gasteiger partial charge in [0.1, 0.15) is 0 Å². The summed E-state index contributed by atoms with van der Waals surface area (Å²) < 4.78 is 0. The molecule has 0 saturated carbocycles. The van der Waals surface area contributed by atoms with Crippen molar-refractivity contribution in [1.29, 1.82) is 0 Å². The van der Waals surface area contributed by atoms with E-state index in [0.717, 1.165) is 0 Å². The second kappa shape index (κ2) is 3.88. The average molecular weight is 132 g/mol. The van der Waals surface area contributed by atoms with Gasteiger partial charge in [0.25, 0.3) is 0 Å². The average Bonchev–Trinajstić information content (AvgIpc) is 2.20. The van der Waals surface area contributed by atoms with Crippen LogP contribution in [0.5, 0.6) is 0 Å². The lowest BCUT2D eigenvalue weighted by atomic mass is 10.7. The highest BCUT2D eigenvalue weighted by atomic mass is 16.2. The summed E-state index contributed by atoms with van der Waals surface area (Å²) in [6.45, 7) is 4.12. The third-order valence-electron chi connectivity index (χ3n) is 0.662. The van der Waals surface area contributed by atoms with Crippen LogP contribution in [0.15, 0.2) is 0 Å². The van der Waals surface area contributed by atoms with Gasteiger partial charge in [-0.2, -0.15) is 0 Å². The first-order chi connectivity index (χ1) is 4.29. The van der Waals surface area contributed by atoms with Crippen molar-refractivity contribution in [3.8, 4) is 0 Å². The molecule has 1 rings (SSSR count). The summed E-state index contributed by atoms with van der Waals surface area (Å²) >= 11 is 0. The molecule has 0 bridgehead atoms. The Hall–Kier alpha value is -1.06. The Morgan fingerprint density at radius 3 is 2.11 bits per heavy atom. The number of nitrogens with one attached hydrogen (secondary N) is 2. The van der Waals surface area contributed by atoms with Crippen LogP contribution < -0.4 is 10.6 Å². The summed E-state index contributed by atoms with van der Waals surface area (Å²) in [5.41, 5.74) is 0. The van der Waals surface area contributed by atoms with E-state index in [1.165, 1.54) is 0 Å².